The highest BCUT2D eigenvalue weighted by Gasteiger charge is 2.11. The lowest BCUT2D eigenvalue weighted by atomic mass is 10.1. The molecule has 1 unspecified atom stereocenters. The highest BCUT2D eigenvalue weighted by molar-refractivity contribution is 6.35. The van der Waals surface area contributed by atoms with Gasteiger partial charge in [0.1, 0.15) is 18.2 Å². The number of ether oxygens (including phenoxy) is 1. The lowest BCUT2D eigenvalue weighted by Gasteiger charge is -2.14. The standard InChI is InChI=1S/C15H13Cl2FO2/c1-9(19)13-5-4-12(18)7-15(13)20-8-10-2-3-11(16)6-14(10)17/h2-7,9,19H,8H2,1H3. The third-order valence-corrected chi connectivity index (χ3v) is 3.41. The predicted molar refractivity (Wildman–Crippen MR) is 77.8 cm³/mol. The minimum absolute atomic E-state index is 0.166. The Morgan fingerprint density at radius 3 is 2.60 bits per heavy atom. The van der Waals surface area contributed by atoms with Crippen molar-refractivity contribution in [3.05, 3.63) is 63.4 Å². The average molecular weight is 315 g/mol. The molecular formula is C15H13Cl2FO2. The van der Waals surface area contributed by atoms with E-state index in [2.05, 4.69) is 0 Å². The molecule has 0 saturated heterocycles. The highest BCUT2D eigenvalue weighted by Crippen LogP contribution is 2.28. The van der Waals surface area contributed by atoms with Crippen LogP contribution in [0.15, 0.2) is 36.4 Å². The highest BCUT2D eigenvalue weighted by atomic mass is 35.5. The van der Waals surface area contributed by atoms with E-state index < -0.39 is 11.9 Å². The van der Waals surface area contributed by atoms with Crippen molar-refractivity contribution < 1.29 is 14.2 Å². The van der Waals surface area contributed by atoms with Gasteiger partial charge in [-0.1, -0.05) is 29.3 Å². The third-order valence-electron chi connectivity index (χ3n) is 2.82. The summed E-state index contributed by atoms with van der Waals surface area (Å²) >= 11 is 11.9. The molecule has 0 fully saturated rings. The van der Waals surface area contributed by atoms with Crippen LogP contribution in [0.5, 0.6) is 5.75 Å². The molecule has 2 aromatic rings. The van der Waals surface area contributed by atoms with Gasteiger partial charge < -0.3 is 9.84 Å². The average Bonchev–Trinajstić information content (AvgIpc) is 2.37. The van der Waals surface area contributed by atoms with Crippen molar-refractivity contribution in [2.75, 3.05) is 0 Å². The number of halogens is 3. The molecule has 2 rings (SSSR count). The second kappa shape index (κ2) is 6.44. The van der Waals surface area contributed by atoms with Gasteiger partial charge in [0.25, 0.3) is 0 Å². The van der Waals surface area contributed by atoms with E-state index in [4.69, 9.17) is 27.9 Å². The Morgan fingerprint density at radius 1 is 1.20 bits per heavy atom. The van der Waals surface area contributed by atoms with Crippen LogP contribution in [0.1, 0.15) is 24.2 Å². The summed E-state index contributed by atoms with van der Waals surface area (Å²) < 4.78 is 18.8. The summed E-state index contributed by atoms with van der Waals surface area (Å²) in [6.07, 6.45) is -0.744. The fourth-order valence-electron chi connectivity index (χ4n) is 1.77. The summed E-state index contributed by atoms with van der Waals surface area (Å²) in [7, 11) is 0. The normalized spacial score (nSPS) is 12.2. The van der Waals surface area contributed by atoms with Gasteiger partial charge in [0.2, 0.25) is 0 Å². The van der Waals surface area contributed by atoms with Gasteiger partial charge in [0, 0.05) is 27.2 Å². The number of hydrogen-bond acceptors (Lipinski definition) is 2. The van der Waals surface area contributed by atoms with Gasteiger partial charge in [-0.15, -0.1) is 0 Å². The molecule has 0 aliphatic heterocycles. The molecule has 2 aromatic carbocycles. The molecule has 106 valence electrons. The van der Waals surface area contributed by atoms with Crippen molar-refractivity contribution in [1.82, 2.24) is 0 Å². The molecule has 0 aliphatic carbocycles. The number of aliphatic hydroxyl groups is 1. The first-order chi connectivity index (χ1) is 9.47. The number of hydrogen-bond donors (Lipinski definition) is 1. The molecule has 0 bridgehead atoms. The summed E-state index contributed by atoms with van der Waals surface area (Å²) in [6, 6.07) is 9.08. The molecule has 0 aromatic heterocycles. The molecule has 1 atom stereocenters. The van der Waals surface area contributed by atoms with E-state index in [-0.39, 0.29) is 6.61 Å². The van der Waals surface area contributed by atoms with Crippen molar-refractivity contribution in [2.45, 2.75) is 19.6 Å². The van der Waals surface area contributed by atoms with Crippen LogP contribution in [-0.4, -0.2) is 5.11 Å². The second-order valence-electron chi connectivity index (χ2n) is 4.38. The fourth-order valence-corrected chi connectivity index (χ4v) is 2.24. The van der Waals surface area contributed by atoms with Gasteiger partial charge in [-0.2, -0.15) is 0 Å². The molecule has 0 amide bonds. The lowest BCUT2D eigenvalue weighted by molar-refractivity contribution is 0.190. The smallest absolute Gasteiger partial charge is 0.128 e. The van der Waals surface area contributed by atoms with Gasteiger partial charge in [-0.05, 0) is 31.2 Å². The Bertz CT molecular complexity index is 615. The molecule has 1 N–H and O–H groups in total. The molecular weight excluding hydrogens is 302 g/mol. The van der Waals surface area contributed by atoms with Gasteiger partial charge >= 0.3 is 0 Å². The molecule has 2 nitrogen and oxygen atoms in total. The van der Waals surface area contributed by atoms with Crippen LogP contribution in [0.3, 0.4) is 0 Å². The van der Waals surface area contributed by atoms with Crippen molar-refractivity contribution >= 4 is 23.2 Å². The lowest BCUT2D eigenvalue weighted by Crippen LogP contribution is -2.02. The van der Waals surface area contributed by atoms with Crippen molar-refractivity contribution in [1.29, 1.82) is 0 Å². The van der Waals surface area contributed by atoms with Crippen LogP contribution < -0.4 is 4.74 Å². The van der Waals surface area contributed by atoms with E-state index in [1.54, 1.807) is 25.1 Å². The maximum atomic E-state index is 13.3. The minimum Gasteiger partial charge on any atom is -0.488 e. The fraction of sp³-hybridized carbons (Fsp3) is 0.200. The van der Waals surface area contributed by atoms with Crippen molar-refractivity contribution in [3.63, 3.8) is 0 Å². The van der Waals surface area contributed by atoms with Crippen molar-refractivity contribution in [3.8, 4) is 5.75 Å². The van der Waals surface area contributed by atoms with Gasteiger partial charge in [-0.3, -0.25) is 0 Å². The molecule has 0 aliphatic rings. The van der Waals surface area contributed by atoms with E-state index in [1.807, 2.05) is 0 Å². The zero-order chi connectivity index (χ0) is 14.7. The first-order valence-corrected chi connectivity index (χ1v) is 6.77. The van der Waals surface area contributed by atoms with Crippen LogP contribution >= 0.6 is 23.2 Å². The first-order valence-electron chi connectivity index (χ1n) is 6.01. The summed E-state index contributed by atoms with van der Waals surface area (Å²) in [5.41, 5.74) is 1.26. The Balaban J connectivity index is 2.20. The van der Waals surface area contributed by atoms with Gasteiger partial charge in [0.15, 0.2) is 0 Å². The number of benzene rings is 2. The number of aliphatic hydroxyl groups excluding tert-OH is 1. The monoisotopic (exact) mass is 314 g/mol. The Labute approximate surface area is 126 Å². The molecule has 0 heterocycles. The quantitative estimate of drug-likeness (QED) is 0.881. The van der Waals surface area contributed by atoms with Gasteiger partial charge in [-0.25, -0.2) is 4.39 Å². The van der Waals surface area contributed by atoms with E-state index >= 15 is 0 Å². The predicted octanol–water partition coefficient (Wildman–Crippen LogP) is 4.76. The summed E-state index contributed by atoms with van der Waals surface area (Å²) in [6.45, 7) is 1.76. The van der Waals surface area contributed by atoms with Crippen LogP contribution in [-0.2, 0) is 6.61 Å². The topological polar surface area (TPSA) is 29.5 Å². The van der Waals surface area contributed by atoms with Crippen LogP contribution in [0.25, 0.3) is 0 Å². The summed E-state index contributed by atoms with van der Waals surface area (Å²) in [4.78, 5) is 0. The largest absolute Gasteiger partial charge is 0.488 e. The zero-order valence-corrected chi connectivity index (χ0v) is 12.2. The van der Waals surface area contributed by atoms with E-state index in [0.717, 1.165) is 5.56 Å². The molecule has 0 radical (unpaired) electrons. The van der Waals surface area contributed by atoms with E-state index in [0.29, 0.717) is 21.4 Å². The second-order valence-corrected chi connectivity index (χ2v) is 5.23. The molecule has 5 heteroatoms. The van der Waals surface area contributed by atoms with Crippen molar-refractivity contribution in [2.24, 2.45) is 0 Å². The van der Waals surface area contributed by atoms with E-state index in [1.165, 1.54) is 18.2 Å². The maximum Gasteiger partial charge on any atom is 0.128 e. The molecule has 20 heavy (non-hydrogen) atoms. The third kappa shape index (κ3) is 3.63. The van der Waals surface area contributed by atoms with Crippen LogP contribution in [0.2, 0.25) is 10.0 Å². The minimum atomic E-state index is -0.744. The number of rotatable bonds is 4. The molecule has 0 saturated carbocycles. The Kier molecular flexibility index (Phi) is 4.86. The Morgan fingerprint density at radius 2 is 1.95 bits per heavy atom. The van der Waals surface area contributed by atoms with Gasteiger partial charge in [0.05, 0.1) is 6.10 Å². The SMILES string of the molecule is CC(O)c1ccc(F)cc1OCc1ccc(Cl)cc1Cl. The van der Waals surface area contributed by atoms with Crippen LogP contribution in [0.4, 0.5) is 4.39 Å². The summed E-state index contributed by atoms with van der Waals surface area (Å²) in [5, 5.41) is 10.7. The zero-order valence-electron chi connectivity index (χ0n) is 10.7. The summed E-state index contributed by atoms with van der Waals surface area (Å²) in [5.74, 6) is -0.127. The molecule has 0 spiro atoms. The van der Waals surface area contributed by atoms with Crippen LogP contribution in [0, 0.1) is 5.82 Å². The Hall–Kier alpha value is -1.29. The maximum absolute atomic E-state index is 13.3. The van der Waals surface area contributed by atoms with E-state index in [9.17, 15) is 9.50 Å². The first kappa shape index (κ1) is 15.1.